The quantitative estimate of drug-likeness (QED) is 0.878. The van der Waals surface area contributed by atoms with Crippen LogP contribution in [0.3, 0.4) is 0 Å². The van der Waals surface area contributed by atoms with Crippen LogP contribution in [0.4, 0.5) is 22.0 Å². The molecule has 2 rings (SSSR count). The largest absolute Gasteiger partial charge is 0.453 e. The third kappa shape index (κ3) is 2.49. The summed E-state index contributed by atoms with van der Waals surface area (Å²) in [5.74, 6) is -5.07. The highest BCUT2D eigenvalue weighted by Gasteiger charge is 2.56. The minimum absolute atomic E-state index is 0.124. The van der Waals surface area contributed by atoms with Crippen molar-refractivity contribution in [2.24, 2.45) is 7.05 Å². The zero-order valence-corrected chi connectivity index (χ0v) is 10.1. The maximum atomic E-state index is 12.8. The van der Waals surface area contributed by atoms with Crippen molar-refractivity contribution in [2.75, 3.05) is 0 Å². The monoisotopic (exact) mass is 296 g/mol. The number of alkyl halides is 5. The van der Waals surface area contributed by atoms with Crippen molar-refractivity contribution in [3.8, 4) is 0 Å². The molecule has 0 saturated carbocycles. The molecule has 20 heavy (non-hydrogen) atoms. The van der Waals surface area contributed by atoms with Gasteiger partial charge in [0.05, 0.1) is 6.20 Å². The van der Waals surface area contributed by atoms with Crippen molar-refractivity contribution in [1.82, 2.24) is 19.7 Å². The highest BCUT2D eigenvalue weighted by Crippen LogP contribution is 2.38. The van der Waals surface area contributed by atoms with E-state index in [1.165, 1.54) is 17.9 Å². The van der Waals surface area contributed by atoms with Gasteiger partial charge >= 0.3 is 12.1 Å². The maximum absolute atomic E-state index is 12.8. The van der Waals surface area contributed by atoms with Crippen LogP contribution < -0.4 is 5.56 Å². The predicted octanol–water partition coefficient (Wildman–Crippen LogP) is 1.79. The Labute approximate surface area is 108 Å². The first-order valence-corrected chi connectivity index (χ1v) is 5.47. The SMILES string of the molecule is Cn1ncc2c(=O)[nH]c(CCC(F)(F)C(F)(F)F)nc21. The summed E-state index contributed by atoms with van der Waals surface area (Å²) >= 11 is 0. The Bertz CT molecular complexity index is 687. The van der Waals surface area contributed by atoms with Gasteiger partial charge in [-0.2, -0.15) is 27.1 Å². The van der Waals surface area contributed by atoms with Gasteiger partial charge in [0.15, 0.2) is 5.65 Å². The molecule has 0 amide bonds. The third-order valence-electron chi connectivity index (χ3n) is 2.74. The molecular formula is C10H9F5N4O. The smallest absolute Gasteiger partial charge is 0.310 e. The van der Waals surface area contributed by atoms with Gasteiger partial charge in [0.2, 0.25) is 0 Å². The third-order valence-corrected chi connectivity index (χ3v) is 2.74. The highest BCUT2D eigenvalue weighted by atomic mass is 19.4. The number of nitrogens with one attached hydrogen (secondary N) is 1. The first-order chi connectivity index (χ1) is 9.12. The fourth-order valence-corrected chi connectivity index (χ4v) is 1.61. The second-order valence-electron chi connectivity index (χ2n) is 4.22. The van der Waals surface area contributed by atoms with Crippen LogP contribution in [0, 0.1) is 0 Å². The van der Waals surface area contributed by atoms with Crippen molar-refractivity contribution in [1.29, 1.82) is 0 Å². The molecule has 0 aliphatic carbocycles. The van der Waals surface area contributed by atoms with Gasteiger partial charge in [0, 0.05) is 19.9 Å². The summed E-state index contributed by atoms with van der Waals surface area (Å²) in [4.78, 5) is 17.6. The first-order valence-electron chi connectivity index (χ1n) is 5.47. The molecule has 0 spiro atoms. The molecule has 0 saturated heterocycles. The van der Waals surface area contributed by atoms with Crippen LogP contribution in [0.15, 0.2) is 11.0 Å². The van der Waals surface area contributed by atoms with Crippen molar-refractivity contribution in [2.45, 2.75) is 24.9 Å². The second-order valence-corrected chi connectivity index (χ2v) is 4.22. The number of aromatic nitrogens is 4. The van der Waals surface area contributed by atoms with E-state index < -0.39 is 30.5 Å². The minimum atomic E-state index is -5.62. The van der Waals surface area contributed by atoms with Crippen molar-refractivity contribution >= 4 is 11.0 Å². The molecule has 0 bridgehead atoms. The molecule has 2 aromatic rings. The van der Waals surface area contributed by atoms with Crippen molar-refractivity contribution in [3.05, 3.63) is 22.4 Å². The lowest BCUT2D eigenvalue weighted by Gasteiger charge is -2.18. The number of fused-ring (bicyclic) bond motifs is 1. The van der Waals surface area contributed by atoms with Crippen LogP contribution in [0.1, 0.15) is 12.2 Å². The number of aromatic amines is 1. The fraction of sp³-hybridized carbons (Fsp3) is 0.500. The molecule has 1 N–H and O–H groups in total. The molecule has 0 aliphatic heterocycles. The molecule has 0 aromatic carbocycles. The summed E-state index contributed by atoms with van der Waals surface area (Å²) < 4.78 is 62.9. The van der Waals surface area contributed by atoms with E-state index in [0.29, 0.717) is 0 Å². The van der Waals surface area contributed by atoms with Gasteiger partial charge in [-0.05, 0) is 0 Å². The van der Waals surface area contributed by atoms with Gasteiger partial charge in [-0.1, -0.05) is 0 Å². The summed E-state index contributed by atoms with van der Waals surface area (Å²) in [6.45, 7) is 0. The summed E-state index contributed by atoms with van der Waals surface area (Å²) in [6.07, 6.45) is -6.58. The zero-order valence-electron chi connectivity index (χ0n) is 10.1. The van der Waals surface area contributed by atoms with E-state index in [9.17, 15) is 26.7 Å². The molecular weight excluding hydrogens is 287 g/mol. The lowest BCUT2D eigenvalue weighted by atomic mass is 10.1. The molecule has 0 atom stereocenters. The Morgan fingerprint density at radius 1 is 1.30 bits per heavy atom. The average molecular weight is 296 g/mol. The van der Waals surface area contributed by atoms with Crippen LogP contribution in [0.5, 0.6) is 0 Å². The topological polar surface area (TPSA) is 63.6 Å². The molecule has 0 radical (unpaired) electrons. The predicted molar refractivity (Wildman–Crippen MR) is 58.5 cm³/mol. The van der Waals surface area contributed by atoms with Crippen molar-refractivity contribution in [3.63, 3.8) is 0 Å². The Morgan fingerprint density at radius 3 is 2.55 bits per heavy atom. The number of hydrogen-bond donors (Lipinski definition) is 1. The molecule has 10 heteroatoms. The fourth-order valence-electron chi connectivity index (χ4n) is 1.61. The van der Waals surface area contributed by atoms with Gasteiger partial charge in [-0.15, -0.1) is 0 Å². The normalized spacial score (nSPS) is 13.1. The maximum Gasteiger partial charge on any atom is 0.453 e. The van der Waals surface area contributed by atoms with E-state index in [0.717, 1.165) is 0 Å². The van der Waals surface area contributed by atoms with E-state index in [1.807, 2.05) is 0 Å². The Hall–Kier alpha value is -2.00. The van der Waals surface area contributed by atoms with E-state index in [2.05, 4.69) is 15.1 Å². The Balaban J connectivity index is 2.27. The van der Waals surface area contributed by atoms with Gasteiger partial charge < -0.3 is 4.98 Å². The molecule has 0 fully saturated rings. The molecule has 110 valence electrons. The van der Waals surface area contributed by atoms with Gasteiger partial charge in [0.25, 0.3) is 5.56 Å². The van der Waals surface area contributed by atoms with E-state index in [1.54, 1.807) is 0 Å². The number of rotatable bonds is 3. The zero-order chi connectivity index (χ0) is 15.1. The van der Waals surface area contributed by atoms with Crippen LogP contribution in [0.25, 0.3) is 11.0 Å². The number of aryl methyl sites for hydroxylation is 2. The second kappa shape index (κ2) is 4.53. The lowest BCUT2D eigenvalue weighted by molar-refractivity contribution is -0.284. The minimum Gasteiger partial charge on any atom is -0.310 e. The van der Waals surface area contributed by atoms with Gasteiger partial charge in [-0.25, -0.2) is 4.98 Å². The van der Waals surface area contributed by atoms with Gasteiger partial charge in [-0.3, -0.25) is 9.48 Å². The summed E-state index contributed by atoms with van der Waals surface area (Å²) in [7, 11) is 1.48. The number of nitrogens with zero attached hydrogens (tertiary/aromatic N) is 3. The molecule has 0 aliphatic rings. The standard InChI is InChI=1S/C10H9F5N4O/c1-19-7-5(4-16-19)8(20)18-6(17-7)2-3-9(11,12)10(13,14)15/h4H,2-3H2,1H3,(H,17,18,20). The van der Waals surface area contributed by atoms with Crippen LogP contribution in [0.2, 0.25) is 0 Å². The number of halogens is 5. The summed E-state index contributed by atoms with van der Waals surface area (Å²) in [5, 5.41) is 3.89. The van der Waals surface area contributed by atoms with E-state index in [-0.39, 0.29) is 16.9 Å². The van der Waals surface area contributed by atoms with Crippen LogP contribution >= 0.6 is 0 Å². The van der Waals surface area contributed by atoms with E-state index >= 15 is 0 Å². The molecule has 0 unspecified atom stereocenters. The lowest BCUT2D eigenvalue weighted by Crippen LogP contribution is -2.37. The Morgan fingerprint density at radius 2 is 1.95 bits per heavy atom. The van der Waals surface area contributed by atoms with Crippen LogP contribution in [-0.4, -0.2) is 31.8 Å². The highest BCUT2D eigenvalue weighted by molar-refractivity contribution is 5.72. The van der Waals surface area contributed by atoms with Crippen LogP contribution in [-0.2, 0) is 13.5 Å². The number of H-pyrrole nitrogens is 1. The Kier molecular flexibility index (Phi) is 3.26. The number of hydrogen-bond acceptors (Lipinski definition) is 3. The summed E-state index contributed by atoms with van der Waals surface area (Å²) in [6, 6.07) is 0. The average Bonchev–Trinajstić information content (AvgIpc) is 2.68. The van der Waals surface area contributed by atoms with Gasteiger partial charge in [0.1, 0.15) is 11.2 Å². The molecule has 5 nitrogen and oxygen atoms in total. The first kappa shape index (κ1) is 14.4. The van der Waals surface area contributed by atoms with Crippen molar-refractivity contribution < 1.29 is 22.0 Å². The molecule has 2 heterocycles. The summed E-state index contributed by atoms with van der Waals surface area (Å²) in [5.41, 5.74) is -0.507. The van der Waals surface area contributed by atoms with E-state index in [4.69, 9.17) is 0 Å². The molecule has 2 aromatic heterocycles.